The van der Waals surface area contributed by atoms with E-state index in [1.807, 2.05) is 24.4 Å². The summed E-state index contributed by atoms with van der Waals surface area (Å²) < 4.78 is 0. The van der Waals surface area contributed by atoms with Gasteiger partial charge in [0.25, 0.3) is 0 Å². The van der Waals surface area contributed by atoms with E-state index < -0.39 is 5.97 Å². The molecular weight excluding hydrogens is 238 g/mol. The van der Waals surface area contributed by atoms with Gasteiger partial charge in [0.15, 0.2) is 0 Å². The van der Waals surface area contributed by atoms with Crippen molar-refractivity contribution in [3.63, 3.8) is 0 Å². The van der Waals surface area contributed by atoms with E-state index in [0.29, 0.717) is 18.0 Å². The van der Waals surface area contributed by atoms with Crippen LogP contribution in [0.1, 0.15) is 37.7 Å². The predicted octanol–water partition coefficient (Wildman–Crippen LogP) is 3.35. The monoisotopic (exact) mass is 257 g/mol. The first kappa shape index (κ1) is 12.3. The lowest BCUT2D eigenvalue weighted by atomic mass is 9.91. The Kier molecular flexibility index (Phi) is 3.28. The molecule has 3 rings (SSSR count). The van der Waals surface area contributed by atoms with E-state index in [1.54, 1.807) is 0 Å². The third-order valence-electron chi connectivity index (χ3n) is 4.19. The molecule has 1 N–H and O–H groups in total. The molecule has 2 aliphatic rings. The summed E-state index contributed by atoms with van der Waals surface area (Å²) in [4.78, 5) is 13.5. The zero-order valence-corrected chi connectivity index (χ0v) is 11.0. The number of fused-ring (bicyclic) bond motifs is 1. The molecule has 0 radical (unpaired) electrons. The Hall–Kier alpha value is -1.77. The maximum absolute atomic E-state index is 11.3. The van der Waals surface area contributed by atoms with Crippen molar-refractivity contribution in [2.24, 2.45) is 0 Å². The highest BCUT2D eigenvalue weighted by molar-refractivity contribution is 5.89. The van der Waals surface area contributed by atoms with Gasteiger partial charge in [-0.1, -0.05) is 37.5 Å². The number of carboxylic acid groups (broad SMARTS) is 1. The second-order valence-electron chi connectivity index (χ2n) is 5.46. The van der Waals surface area contributed by atoms with Crippen LogP contribution >= 0.6 is 0 Å². The number of rotatable bonds is 2. The number of para-hydroxylation sites is 1. The van der Waals surface area contributed by atoms with Crippen molar-refractivity contribution in [3.8, 4) is 0 Å². The molecule has 3 nitrogen and oxygen atoms in total. The van der Waals surface area contributed by atoms with E-state index in [4.69, 9.17) is 0 Å². The topological polar surface area (TPSA) is 40.5 Å². The smallest absolute Gasteiger partial charge is 0.333 e. The molecule has 0 atom stereocenters. The second kappa shape index (κ2) is 5.08. The van der Waals surface area contributed by atoms with Gasteiger partial charge in [-0.25, -0.2) is 4.79 Å². The summed E-state index contributed by atoms with van der Waals surface area (Å²) in [7, 11) is 0. The minimum atomic E-state index is -0.796. The van der Waals surface area contributed by atoms with Crippen molar-refractivity contribution in [1.29, 1.82) is 0 Å². The molecule has 1 aliphatic carbocycles. The average molecular weight is 257 g/mol. The Morgan fingerprint density at radius 1 is 1.16 bits per heavy atom. The van der Waals surface area contributed by atoms with E-state index in [2.05, 4.69) is 11.0 Å². The van der Waals surface area contributed by atoms with Crippen molar-refractivity contribution in [3.05, 3.63) is 41.6 Å². The molecule has 1 aromatic carbocycles. The summed E-state index contributed by atoms with van der Waals surface area (Å²) in [5, 5.41) is 9.29. The third-order valence-corrected chi connectivity index (χ3v) is 4.19. The highest BCUT2D eigenvalue weighted by atomic mass is 16.4. The first-order valence-corrected chi connectivity index (χ1v) is 7.06. The van der Waals surface area contributed by atoms with Crippen LogP contribution in [0.2, 0.25) is 0 Å². The van der Waals surface area contributed by atoms with Gasteiger partial charge in [0.05, 0.1) is 5.57 Å². The van der Waals surface area contributed by atoms with Gasteiger partial charge in [0.1, 0.15) is 0 Å². The molecule has 0 amide bonds. The summed E-state index contributed by atoms with van der Waals surface area (Å²) >= 11 is 0. The zero-order valence-electron chi connectivity index (χ0n) is 11.0. The molecule has 1 heterocycles. The van der Waals surface area contributed by atoms with Crippen LogP contribution in [0.4, 0.5) is 5.69 Å². The predicted molar refractivity (Wildman–Crippen MR) is 75.2 cm³/mol. The lowest BCUT2D eigenvalue weighted by Gasteiger charge is -2.37. The number of hydrogen-bond donors (Lipinski definition) is 1. The van der Waals surface area contributed by atoms with Gasteiger partial charge in [-0.15, -0.1) is 0 Å². The molecule has 1 aromatic rings. The van der Waals surface area contributed by atoms with Gasteiger partial charge in [0, 0.05) is 24.4 Å². The highest BCUT2D eigenvalue weighted by Gasteiger charge is 2.27. The van der Waals surface area contributed by atoms with Crippen LogP contribution in [0.15, 0.2) is 36.0 Å². The van der Waals surface area contributed by atoms with Crippen LogP contribution in [-0.2, 0) is 11.2 Å². The number of anilines is 1. The summed E-state index contributed by atoms with van der Waals surface area (Å²) in [6.45, 7) is 0. The largest absolute Gasteiger partial charge is 0.478 e. The molecular formula is C16H19NO2. The van der Waals surface area contributed by atoms with Crippen molar-refractivity contribution in [1.82, 2.24) is 0 Å². The number of carboxylic acids is 1. The molecule has 3 heteroatoms. The lowest BCUT2D eigenvalue weighted by Crippen LogP contribution is -2.36. The number of aliphatic carboxylic acids is 1. The lowest BCUT2D eigenvalue weighted by molar-refractivity contribution is -0.132. The Morgan fingerprint density at radius 3 is 2.63 bits per heavy atom. The minimum absolute atomic E-state index is 0.463. The SMILES string of the molecule is O=C(O)C1=CN(C2CCCCC2)c2ccccc2C1. The summed E-state index contributed by atoms with van der Waals surface area (Å²) in [6, 6.07) is 8.64. The van der Waals surface area contributed by atoms with E-state index in [9.17, 15) is 9.90 Å². The van der Waals surface area contributed by atoms with Crippen LogP contribution in [0.5, 0.6) is 0 Å². The van der Waals surface area contributed by atoms with Crippen molar-refractivity contribution in [2.75, 3.05) is 4.90 Å². The normalized spacial score (nSPS) is 19.8. The average Bonchev–Trinajstić information content (AvgIpc) is 2.47. The van der Waals surface area contributed by atoms with Gasteiger partial charge < -0.3 is 10.0 Å². The van der Waals surface area contributed by atoms with Gasteiger partial charge >= 0.3 is 5.97 Å². The molecule has 1 saturated carbocycles. The standard InChI is InChI=1S/C16H19NO2/c18-16(19)13-10-12-6-4-5-9-15(12)17(11-13)14-7-2-1-3-8-14/h4-6,9,11,14H,1-3,7-8,10H2,(H,18,19). The second-order valence-corrected chi connectivity index (χ2v) is 5.46. The Morgan fingerprint density at radius 2 is 1.89 bits per heavy atom. The Balaban J connectivity index is 1.97. The quantitative estimate of drug-likeness (QED) is 0.883. The summed E-state index contributed by atoms with van der Waals surface area (Å²) in [6.07, 6.45) is 8.53. The molecule has 100 valence electrons. The van der Waals surface area contributed by atoms with Crippen molar-refractivity contribution >= 4 is 11.7 Å². The molecule has 1 aliphatic heterocycles. The van der Waals surface area contributed by atoms with E-state index in [1.165, 1.54) is 24.9 Å². The number of hydrogen-bond acceptors (Lipinski definition) is 2. The van der Waals surface area contributed by atoms with Crippen molar-refractivity contribution in [2.45, 2.75) is 44.6 Å². The maximum atomic E-state index is 11.3. The van der Waals surface area contributed by atoms with Gasteiger partial charge in [0.2, 0.25) is 0 Å². The van der Waals surface area contributed by atoms with Crippen LogP contribution in [0, 0.1) is 0 Å². The van der Waals surface area contributed by atoms with E-state index in [-0.39, 0.29) is 0 Å². The maximum Gasteiger partial charge on any atom is 0.333 e. The first-order valence-electron chi connectivity index (χ1n) is 7.06. The first-order chi connectivity index (χ1) is 9.25. The Bertz CT molecular complexity index is 515. The fraction of sp³-hybridized carbons (Fsp3) is 0.438. The summed E-state index contributed by atoms with van der Waals surface area (Å²) in [5.74, 6) is -0.796. The number of nitrogens with zero attached hydrogens (tertiary/aromatic N) is 1. The fourth-order valence-corrected chi connectivity index (χ4v) is 3.19. The molecule has 0 bridgehead atoms. The summed E-state index contributed by atoms with van der Waals surface area (Å²) in [5.41, 5.74) is 2.83. The van der Waals surface area contributed by atoms with Crippen molar-refractivity contribution < 1.29 is 9.90 Å². The minimum Gasteiger partial charge on any atom is -0.478 e. The highest BCUT2D eigenvalue weighted by Crippen LogP contribution is 2.34. The fourth-order valence-electron chi connectivity index (χ4n) is 3.19. The van der Waals surface area contributed by atoms with Crippen LogP contribution in [0.3, 0.4) is 0 Å². The number of carbonyl (C=O) groups is 1. The molecule has 19 heavy (non-hydrogen) atoms. The molecule has 0 saturated heterocycles. The molecule has 0 spiro atoms. The van der Waals surface area contributed by atoms with E-state index >= 15 is 0 Å². The zero-order chi connectivity index (χ0) is 13.2. The van der Waals surface area contributed by atoms with Gasteiger partial charge in [-0.3, -0.25) is 0 Å². The molecule has 0 unspecified atom stereocenters. The van der Waals surface area contributed by atoms with Crippen LogP contribution < -0.4 is 4.90 Å². The Labute approximate surface area is 113 Å². The third kappa shape index (κ3) is 2.37. The molecule has 0 aromatic heterocycles. The van der Waals surface area contributed by atoms with E-state index in [0.717, 1.165) is 18.4 Å². The van der Waals surface area contributed by atoms with Crippen LogP contribution in [0.25, 0.3) is 0 Å². The van der Waals surface area contributed by atoms with Gasteiger partial charge in [-0.2, -0.15) is 0 Å². The van der Waals surface area contributed by atoms with Crippen LogP contribution in [-0.4, -0.2) is 17.1 Å². The molecule has 1 fully saturated rings. The number of benzene rings is 1. The van der Waals surface area contributed by atoms with Gasteiger partial charge in [-0.05, 0) is 24.5 Å².